The van der Waals surface area contributed by atoms with Crippen molar-refractivity contribution in [2.45, 2.75) is 228 Å². The van der Waals surface area contributed by atoms with Crippen molar-refractivity contribution < 1.29 is 110 Å². The van der Waals surface area contributed by atoms with Gasteiger partial charge in [0.05, 0.1) is 39.1 Å². The van der Waals surface area contributed by atoms with Gasteiger partial charge in [0.2, 0.25) is 23.6 Å². The molecule has 0 aliphatic carbocycles. The first-order valence-electron chi connectivity index (χ1n) is 35.2. The summed E-state index contributed by atoms with van der Waals surface area (Å²) in [5, 5.41) is 29.0. The third-order valence-corrected chi connectivity index (χ3v) is 24.1. The number of aliphatic carboxylic acids is 2. The van der Waals surface area contributed by atoms with Gasteiger partial charge in [-0.25, -0.2) is 4.79 Å². The summed E-state index contributed by atoms with van der Waals surface area (Å²) >= 11 is 3.87. The van der Waals surface area contributed by atoms with Gasteiger partial charge in [0.25, 0.3) is 0 Å². The first kappa shape index (κ1) is 103. The normalized spacial score (nSPS) is 13.4. The van der Waals surface area contributed by atoms with E-state index in [1.54, 1.807) is 31.6 Å². The molecule has 0 saturated carbocycles. The predicted molar refractivity (Wildman–Crippen MR) is 409 cm³/mol. The zero-order chi connectivity index (χ0) is 75.3. The molecule has 101 heavy (non-hydrogen) atoms. The number of rotatable bonds is 69. The molecular weight excluding hydrogens is 1480 g/mol. The van der Waals surface area contributed by atoms with Crippen molar-refractivity contribution in [3.8, 4) is 0 Å². The third-order valence-electron chi connectivity index (χ3n) is 15.6. The molecule has 0 heterocycles. The van der Waals surface area contributed by atoms with Gasteiger partial charge in [-0.15, -0.1) is 12.6 Å². The summed E-state index contributed by atoms with van der Waals surface area (Å²) in [6.07, 6.45) is 17.3. The molecule has 24 nitrogen and oxygen atoms in total. The topological polar surface area (TPSA) is 371 Å². The number of hydrogen-bond acceptors (Lipinski definition) is 23. The molecule has 0 fully saturated rings. The second-order valence-electron chi connectivity index (χ2n) is 25.1. The Morgan fingerprint density at radius 2 is 0.881 bits per heavy atom. The van der Waals surface area contributed by atoms with Crippen LogP contribution in [0.3, 0.4) is 0 Å². The van der Waals surface area contributed by atoms with Gasteiger partial charge in [-0.2, -0.15) is 0 Å². The van der Waals surface area contributed by atoms with E-state index in [9.17, 15) is 67.4 Å². The van der Waals surface area contributed by atoms with E-state index in [0.29, 0.717) is 74.0 Å². The fourth-order valence-corrected chi connectivity index (χ4v) is 16.8. The van der Waals surface area contributed by atoms with Crippen molar-refractivity contribution in [2.24, 2.45) is 29.6 Å². The largest absolute Gasteiger partial charge is 0.668 e. The maximum atomic E-state index is 13.7. The zero-order valence-corrected chi connectivity index (χ0v) is 68.3. The van der Waals surface area contributed by atoms with Crippen molar-refractivity contribution in [3.63, 3.8) is 0 Å². The molecule has 1 radical (unpaired) electrons. The van der Waals surface area contributed by atoms with Crippen LogP contribution in [0.5, 0.6) is 0 Å². The zero-order valence-electron chi connectivity index (χ0n) is 61.1. The summed E-state index contributed by atoms with van der Waals surface area (Å²) in [5.74, 6) is -1.56. The second-order valence-corrected chi connectivity index (χ2v) is 33.2. The molecule has 7 N–H and O–H groups in total. The van der Waals surface area contributed by atoms with Crippen molar-refractivity contribution >= 4 is 153 Å². The molecule has 32 heteroatoms. The Balaban J connectivity index is -0.00000570. The summed E-state index contributed by atoms with van der Waals surface area (Å²) in [6.45, 7) is 14.8. The smallest absolute Gasteiger partial charge is 0.326 e. The van der Waals surface area contributed by atoms with E-state index in [1.165, 1.54) is 113 Å². The SMILES string of the molecule is CC(=O)[C@@H](C)CSSC[C@H]([NH-])C(C)=O.CC(=O)[C@H](CSSC[C@H](C)C(C)=O)CC(=O)[C@H](CCCCNC(=O)COCCOCCCC(=O)COCCOCCNC(=O)CC[C@H](NC(=O)CCCCCCCCCCCCCCCCC(=O)O)C(=O)O)NC(=O)[C@@H](C)CSSC[C@H](C)C(=O)S.[V]. The number of Topliss-reactive ketones (excluding diaryl/α,β-unsaturated/α-hetero) is 6. The molecule has 4 amide bonds. The number of hydrogen-bond donors (Lipinski definition) is 7. The number of ketones is 6. The minimum atomic E-state index is -1.20. The van der Waals surface area contributed by atoms with Gasteiger partial charge >= 0.3 is 11.9 Å². The standard InChI is InChI=1S/C60H104N4O17S5.C9H16NO2S2.V/c1-44(47(4)65)40-83-86-43-49(48(5)66)37-53(68)51(64-58(74)45(2)41-84-85-42-46(3)60(77)82)24-20-21-29-61-56(71)39-81-36-33-78-31-22-23-50(67)38-80-35-34-79-32-30-62-54(69)28-27-52(59(75)76)63-55(70)25-18-16-14-12-10-8-6-7-9-11-13-15-17-19-26-57(72)73;1-6(7(2)11)4-13-14-5-9(10)8(3)12;/h44-46,49,51-52H,6-43H2,1-5H3,(H,61,71)(H,62,69)(H,63,70)(H,64,74)(H,72,73)(H,75,76)(H,77,82);6,9-10H,4-5H2,1-3H3;/q;-1;/t44-,45-,46-,49-,51-,52-;6-,9-;/m00./s1. The first-order valence-corrected chi connectivity index (χ1v) is 43.1. The van der Waals surface area contributed by atoms with Crippen LogP contribution in [0.2, 0.25) is 0 Å². The molecule has 0 rings (SSSR count). The Morgan fingerprint density at radius 3 is 1.39 bits per heavy atom. The number of unbranched alkanes of at least 4 members (excludes halogenated alkanes) is 14. The molecule has 583 valence electrons. The summed E-state index contributed by atoms with van der Waals surface area (Å²) in [6, 6.07) is -2.61. The van der Waals surface area contributed by atoms with Crippen LogP contribution in [-0.4, -0.2) is 204 Å². The molecule has 0 aromatic rings. The van der Waals surface area contributed by atoms with Crippen molar-refractivity contribution in [2.75, 3.05) is 100 Å². The van der Waals surface area contributed by atoms with E-state index < -0.39 is 41.9 Å². The maximum absolute atomic E-state index is 13.7. The van der Waals surface area contributed by atoms with Crippen LogP contribution >= 0.6 is 77.4 Å². The molecule has 0 aromatic carbocycles. The van der Waals surface area contributed by atoms with E-state index in [2.05, 4.69) is 33.9 Å². The first-order chi connectivity index (χ1) is 47.6. The molecule has 0 bridgehead atoms. The Labute approximate surface area is 642 Å². The average Bonchev–Trinajstić information content (AvgIpc) is 0.954. The van der Waals surface area contributed by atoms with E-state index in [0.717, 1.165) is 50.7 Å². The van der Waals surface area contributed by atoms with Crippen LogP contribution in [0.1, 0.15) is 209 Å². The fraction of sp³-hybridized carbons (Fsp3) is 0.812. The number of thiol groups is 1. The number of carbonyl (C=O) groups is 13. The van der Waals surface area contributed by atoms with Crippen molar-refractivity contribution in [1.29, 1.82) is 0 Å². The van der Waals surface area contributed by atoms with E-state index in [4.69, 9.17) is 29.8 Å². The molecule has 0 aliphatic rings. The summed E-state index contributed by atoms with van der Waals surface area (Å²) < 4.78 is 21.8. The Morgan fingerprint density at radius 1 is 0.416 bits per heavy atom. The van der Waals surface area contributed by atoms with Gasteiger partial charge < -0.3 is 61.0 Å². The van der Waals surface area contributed by atoms with E-state index in [-0.39, 0.29) is 191 Å². The minimum Gasteiger partial charge on any atom is -0.668 e. The number of amides is 4. The molecule has 0 spiro atoms. The number of carbonyl (C=O) groups excluding carboxylic acids is 11. The summed E-state index contributed by atoms with van der Waals surface area (Å²) in [7, 11) is 8.93. The molecule has 0 aromatic heterocycles. The van der Waals surface area contributed by atoms with E-state index >= 15 is 0 Å². The quantitative estimate of drug-likeness (QED) is 0.0169. The molecular formula is C69H120N5O19S7V-. The van der Waals surface area contributed by atoms with Crippen LogP contribution in [0, 0.1) is 29.6 Å². The number of carboxylic acid groups (broad SMARTS) is 2. The van der Waals surface area contributed by atoms with E-state index in [1.807, 2.05) is 13.8 Å². The third kappa shape index (κ3) is 65.4. The Bertz CT molecular complexity index is 2340. The maximum Gasteiger partial charge on any atom is 0.326 e. The second kappa shape index (κ2) is 69.1. The van der Waals surface area contributed by atoms with Gasteiger partial charge in [-0.05, 0) is 78.4 Å². The van der Waals surface area contributed by atoms with Crippen LogP contribution in [0.15, 0.2) is 0 Å². The minimum absolute atomic E-state index is 0. The molecule has 0 aliphatic heterocycles. The van der Waals surface area contributed by atoms with Crippen molar-refractivity contribution in [1.82, 2.24) is 21.3 Å². The number of nitrogens with one attached hydrogen (secondary N) is 5. The van der Waals surface area contributed by atoms with Gasteiger partial charge in [0.15, 0.2) is 16.7 Å². The summed E-state index contributed by atoms with van der Waals surface area (Å²) in [4.78, 5) is 156. The Hall–Kier alpha value is -2.66. The number of carboxylic acids is 2. The van der Waals surface area contributed by atoms with Crippen LogP contribution < -0.4 is 21.3 Å². The summed E-state index contributed by atoms with van der Waals surface area (Å²) in [5.41, 5.74) is 7.35. The van der Waals surface area contributed by atoms with Gasteiger partial charge in [-0.1, -0.05) is 176 Å². The Kier molecular flexibility index (Phi) is 70.1. The van der Waals surface area contributed by atoms with Crippen LogP contribution in [0.25, 0.3) is 5.73 Å². The monoisotopic (exact) mass is 1600 g/mol. The fourth-order valence-electron chi connectivity index (χ4n) is 8.50. The molecule has 8 atom stereocenters. The van der Waals surface area contributed by atoms with Crippen LogP contribution in [0.4, 0.5) is 0 Å². The number of ether oxygens (including phenoxy) is 4. The van der Waals surface area contributed by atoms with Gasteiger partial charge in [0, 0.05) is 129 Å². The van der Waals surface area contributed by atoms with Crippen molar-refractivity contribution in [3.05, 3.63) is 5.73 Å². The molecule has 0 unspecified atom stereocenters. The molecule has 0 saturated heterocycles. The predicted octanol–water partition coefficient (Wildman–Crippen LogP) is 11.4. The van der Waals surface area contributed by atoms with Gasteiger partial charge in [-0.3, -0.25) is 52.7 Å². The average molecular weight is 1600 g/mol. The van der Waals surface area contributed by atoms with Crippen LogP contribution in [-0.2, 0) is 99.8 Å². The van der Waals surface area contributed by atoms with Gasteiger partial charge in [0.1, 0.15) is 42.4 Å².